The molecule has 1 N–H and O–H groups in total. The average Bonchev–Trinajstić information content (AvgIpc) is 1.79. The third kappa shape index (κ3) is 7.72. The van der Waals surface area contributed by atoms with Gasteiger partial charge in [0, 0.05) is 0 Å². The van der Waals surface area contributed by atoms with Gasteiger partial charge >= 0.3 is 14.2 Å². The van der Waals surface area contributed by atoms with E-state index in [0.717, 1.165) is 0 Å². The Bertz CT molecular complexity index is 183. The minimum Gasteiger partial charge on any atom is -0.458 e. The van der Waals surface area contributed by atoms with E-state index in [1.165, 1.54) is 0 Å². The van der Waals surface area contributed by atoms with Gasteiger partial charge in [0.2, 0.25) is 0 Å². The first kappa shape index (κ1) is 11.6. The third-order valence-corrected chi connectivity index (χ3v) is 1.12. The molecule has 0 rings (SSSR count). The summed E-state index contributed by atoms with van der Waals surface area (Å²) in [5.41, 5.74) is -0.592. The van der Waals surface area contributed by atoms with E-state index >= 15 is 0 Å². The van der Waals surface area contributed by atoms with E-state index in [1.807, 2.05) is 0 Å². The molecule has 72 valence electrons. The predicted octanol–water partition coefficient (Wildman–Crippen LogP) is 0.727. The van der Waals surface area contributed by atoms with E-state index < -0.39 is 26.4 Å². The van der Waals surface area contributed by atoms with Gasteiger partial charge in [-0.05, 0) is 20.8 Å². The van der Waals surface area contributed by atoms with Crippen LogP contribution in [0.3, 0.4) is 0 Å². The maximum Gasteiger partial charge on any atom is 0.333 e. The van der Waals surface area contributed by atoms with Gasteiger partial charge in [0.15, 0.2) is 6.61 Å². The van der Waals surface area contributed by atoms with Gasteiger partial charge in [-0.3, -0.25) is 9.09 Å². The Kier molecular flexibility index (Phi) is 4.45. The highest BCUT2D eigenvalue weighted by atomic mass is 31.1. The lowest BCUT2D eigenvalue weighted by Gasteiger charge is -2.18. The van der Waals surface area contributed by atoms with Gasteiger partial charge in [-0.2, -0.15) is 0 Å². The Labute approximate surface area is 71.6 Å². The molecule has 0 aromatic heterocycles. The summed E-state index contributed by atoms with van der Waals surface area (Å²) in [7, 11) is -3.04. The van der Waals surface area contributed by atoms with Crippen LogP contribution >= 0.6 is 8.25 Å². The van der Waals surface area contributed by atoms with Crippen molar-refractivity contribution in [2.45, 2.75) is 26.4 Å². The average molecular weight is 196 g/mol. The molecule has 0 saturated carbocycles. The minimum absolute atomic E-state index is 0.481. The number of hydrogen-bond acceptors (Lipinski definition) is 4. The Morgan fingerprint density at radius 3 is 2.33 bits per heavy atom. The van der Waals surface area contributed by atoms with Crippen molar-refractivity contribution in [2.24, 2.45) is 0 Å². The monoisotopic (exact) mass is 196 g/mol. The van der Waals surface area contributed by atoms with Crippen molar-refractivity contribution in [1.29, 1.82) is 0 Å². The summed E-state index contributed by atoms with van der Waals surface area (Å²) in [5, 5.41) is 0. The summed E-state index contributed by atoms with van der Waals surface area (Å²) >= 11 is 0. The molecule has 0 radical (unpaired) electrons. The van der Waals surface area contributed by atoms with E-state index in [1.54, 1.807) is 20.8 Å². The maximum absolute atomic E-state index is 10.8. The first-order valence-corrected chi connectivity index (χ1v) is 4.65. The van der Waals surface area contributed by atoms with Crippen LogP contribution in [-0.2, 0) is 18.6 Å². The Hall–Kier alpha value is -0.380. The van der Waals surface area contributed by atoms with E-state index in [9.17, 15) is 9.36 Å². The molecule has 1 atom stereocenters. The molecule has 0 saturated heterocycles. The highest BCUT2D eigenvalue weighted by Gasteiger charge is 2.16. The minimum atomic E-state index is -3.04. The molecule has 1 unspecified atom stereocenters. The Balaban J connectivity index is 3.68. The molecular formula is C6H13O5P. The van der Waals surface area contributed by atoms with Crippen LogP contribution in [0.15, 0.2) is 0 Å². The van der Waals surface area contributed by atoms with Crippen LogP contribution in [0.25, 0.3) is 0 Å². The summed E-state index contributed by atoms with van der Waals surface area (Å²) in [5.74, 6) is -0.644. The predicted molar refractivity (Wildman–Crippen MR) is 43.0 cm³/mol. The van der Waals surface area contributed by atoms with Crippen molar-refractivity contribution in [3.05, 3.63) is 0 Å². The van der Waals surface area contributed by atoms with Gasteiger partial charge in [-0.1, -0.05) is 0 Å². The van der Waals surface area contributed by atoms with Gasteiger partial charge in [0.1, 0.15) is 5.60 Å². The molecule has 0 aliphatic rings. The maximum atomic E-state index is 10.8. The quantitative estimate of drug-likeness (QED) is 0.532. The van der Waals surface area contributed by atoms with Gasteiger partial charge in [-0.15, -0.1) is 0 Å². The molecule has 5 nitrogen and oxygen atoms in total. The summed E-state index contributed by atoms with van der Waals surface area (Å²) < 4.78 is 19.0. The largest absolute Gasteiger partial charge is 0.458 e. The fourth-order valence-electron chi connectivity index (χ4n) is 0.492. The molecule has 0 aromatic rings. The zero-order valence-electron chi connectivity index (χ0n) is 7.29. The normalized spacial score (nSPS) is 14.0. The van der Waals surface area contributed by atoms with Crippen molar-refractivity contribution in [3.8, 4) is 0 Å². The number of rotatable bonds is 3. The molecule has 6 heteroatoms. The summed E-state index contributed by atoms with van der Waals surface area (Å²) in [6, 6.07) is 0. The zero-order valence-corrected chi connectivity index (χ0v) is 8.29. The number of carbonyl (C=O) groups is 1. The highest BCUT2D eigenvalue weighted by molar-refractivity contribution is 7.32. The van der Waals surface area contributed by atoms with Gasteiger partial charge < -0.3 is 9.63 Å². The van der Waals surface area contributed by atoms with Crippen molar-refractivity contribution < 1.29 is 23.5 Å². The van der Waals surface area contributed by atoms with E-state index in [4.69, 9.17) is 9.63 Å². The van der Waals surface area contributed by atoms with Crippen LogP contribution in [0.1, 0.15) is 20.8 Å². The van der Waals surface area contributed by atoms with Crippen LogP contribution < -0.4 is 0 Å². The van der Waals surface area contributed by atoms with Gasteiger partial charge in [0.25, 0.3) is 0 Å². The summed E-state index contributed by atoms with van der Waals surface area (Å²) in [6.45, 7) is 4.62. The second kappa shape index (κ2) is 4.60. The third-order valence-electron chi connectivity index (χ3n) is 0.734. The van der Waals surface area contributed by atoms with Crippen molar-refractivity contribution in [2.75, 3.05) is 6.61 Å². The second-order valence-electron chi connectivity index (χ2n) is 3.14. The van der Waals surface area contributed by atoms with Crippen LogP contribution in [0.2, 0.25) is 0 Å². The second-order valence-corrected chi connectivity index (χ2v) is 3.96. The van der Waals surface area contributed by atoms with Crippen LogP contribution in [-0.4, -0.2) is 23.1 Å². The molecule has 12 heavy (non-hydrogen) atoms. The van der Waals surface area contributed by atoms with Crippen LogP contribution in [0, 0.1) is 0 Å². The zero-order chi connectivity index (χ0) is 9.78. The number of carbonyl (C=O) groups excluding carboxylic acids is 1. The molecule has 0 heterocycles. The van der Waals surface area contributed by atoms with Crippen molar-refractivity contribution in [3.63, 3.8) is 0 Å². The summed E-state index contributed by atoms with van der Waals surface area (Å²) in [4.78, 5) is 19.0. The van der Waals surface area contributed by atoms with Crippen molar-refractivity contribution in [1.82, 2.24) is 0 Å². The topological polar surface area (TPSA) is 72.8 Å². The molecule has 0 bridgehead atoms. The molecular weight excluding hydrogens is 183 g/mol. The fourth-order valence-corrected chi connectivity index (χ4v) is 0.733. The molecule has 0 aliphatic carbocycles. The Morgan fingerprint density at radius 1 is 1.50 bits per heavy atom. The Morgan fingerprint density at radius 2 is 2.00 bits per heavy atom. The number of ether oxygens (including phenoxy) is 1. The number of esters is 1. The molecule has 0 aromatic carbocycles. The van der Waals surface area contributed by atoms with Crippen molar-refractivity contribution >= 4 is 14.2 Å². The van der Waals surface area contributed by atoms with E-state index in [-0.39, 0.29) is 0 Å². The fraction of sp³-hybridized carbons (Fsp3) is 0.833. The first-order chi connectivity index (χ1) is 5.31. The standard InChI is InChI=1S/C6H13O5P/c1-6(2,3)11-5(7)4-10-12(8)9/h12H,4H2,1-3H3,(H,8,9). The molecule has 0 spiro atoms. The van der Waals surface area contributed by atoms with Gasteiger partial charge in [-0.25, -0.2) is 4.79 Å². The smallest absolute Gasteiger partial charge is 0.333 e. The van der Waals surface area contributed by atoms with Gasteiger partial charge in [0.05, 0.1) is 0 Å². The molecule has 0 amide bonds. The lowest BCUT2D eigenvalue weighted by Crippen LogP contribution is -2.25. The molecule has 0 fully saturated rings. The van der Waals surface area contributed by atoms with Crippen LogP contribution in [0.5, 0.6) is 0 Å². The number of hydrogen-bond donors (Lipinski definition) is 1. The molecule has 0 aliphatic heterocycles. The highest BCUT2D eigenvalue weighted by Crippen LogP contribution is 2.15. The summed E-state index contributed by atoms with van der Waals surface area (Å²) in [6.07, 6.45) is 0. The van der Waals surface area contributed by atoms with E-state index in [0.29, 0.717) is 0 Å². The lowest BCUT2D eigenvalue weighted by molar-refractivity contribution is -0.157. The SMILES string of the molecule is CC(C)(C)OC(=O)CO[PH](=O)O. The van der Waals surface area contributed by atoms with Crippen LogP contribution in [0.4, 0.5) is 0 Å². The van der Waals surface area contributed by atoms with E-state index in [2.05, 4.69) is 4.52 Å². The lowest BCUT2D eigenvalue weighted by atomic mass is 10.2. The first-order valence-electron chi connectivity index (χ1n) is 3.39.